The van der Waals surface area contributed by atoms with Gasteiger partial charge in [-0.1, -0.05) is 31.2 Å². The summed E-state index contributed by atoms with van der Waals surface area (Å²) in [5.74, 6) is 0.619. The van der Waals surface area contributed by atoms with E-state index < -0.39 is 0 Å². The maximum atomic E-state index is 3.58. The van der Waals surface area contributed by atoms with Gasteiger partial charge in [0.05, 0.1) is 0 Å². The van der Waals surface area contributed by atoms with Crippen molar-refractivity contribution < 1.29 is 0 Å². The molecule has 2 unspecified atom stereocenters. The lowest BCUT2D eigenvalue weighted by atomic mass is 9.78. The molecular weight excluding hydrogens is 262 g/mol. The second-order valence-electron chi connectivity index (χ2n) is 5.62. The lowest BCUT2D eigenvalue weighted by Crippen LogP contribution is -2.26. The Bertz CT molecular complexity index is 572. The van der Waals surface area contributed by atoms with E-state index in [1.54, 1.807) is 11.1 Å². The molecule has 1 aliphatic rings. The second-order valence-corrected chi connectivity index (χ2v) is 6.82. The monoisotopic (exact) mass is 285 g/mol. The third kappa shape index (κ3) is 2.55. The smallest absolute Gasteiger partial charge is 0.0482 e. The SMILES string of the molecule is CCc1ccc(C(NC)C2CCCc3ccccc32)s1. The first-order valence-electron chi connectivity index (χ1n) is 7.67. The molecule has 0 aliphatic heterocycles. The third-order valence-electron chi connectivity index (χ3n) is 4.47. The fraction of sp³-hybridized carbons (Fsp3) is 0.444. The van der Waals surface area contributed by atoms with Gasteiger partial charge in [-0.05, 0) is 56.0 Å². The van der Waals surface area contributed by atoms with Gasteiger partial charge in [0.15, 0.2) is 0 Å². The molecule has 1 heterocycles. The third-order valence-corrected chi connectivity index (χ3v) is 5.78. The molecule has 0 saturated heterocycles. The molecule has 0 amide bonds. The predicted octanol–water partition coefficient (Wildman–Crippen LogP) is 4.69. The van der Waals surface area contributed by atoms with Crippen molar-refractivity contribution in [2.24, 2.45) is 0 Å². The normalized spacial score (nSPS) is 19.6. The van der Waals surface area contributed by atoms with Crippen LogP contribution < -0.4 is 5.32 Å². The van der Waals surface area contributed by atoms with Crippen molar-refractivity contribution in [1.82, 2.24) is 5.32 Å². The molecule has 1 aliphatic carbocycles. The van der Waals surface area contributed by atoms with Crippen molar-refractivity contribution in [3.63, 3.8) is 0 Å². The highest BCUT2D eigenvalue weighted by Crippen LogP contribution is 2.41. The minimum absolute atomic E-state index is 0.460. The Morgan fingerprint density at radius 2 is 2.10 bits per heavy atom. The molecular formula is C18H23NS. The van der Waals surface area contributed by atoms with Gasteiger partial charge < -0.3 is 5.32 Å². The summed E-state index contributed by atoms with van der Waals surface area (Å²) in [7, 11) is 2.10. The van der Waals surface area contributed by atoms with Crippen LogP contribution in [0.1, 0.15) is 52.6 Å². The number of fused-ring (bicyclic) bond motifs is 1. The Balaban J connectivity index is 1.94. The average molecular weight is 285 g/mol. The van der Waals surface area contributed by atoms with Crippen molar-refractivity contribution >= 4 is 11.3 Å². The molecule has 106 valence electrons. The molecule has 1 nitrogen and oxygen atoms in total. The van der Waals surface area contributed by atoms with Gasteiger partial charge in [-0.3, -0.25) is 0 Å². The number of aryl methyl sites for hydroxylation is 2. The molecule has 0 saturated carbocycles. The van der Waals surface area contributed by atoms with E-state index in [0.29, 0.717) is 12.0 Å². The Kier molecular flexibility index (Phi) is 4.23. The van der Waals surface area contributed by atoms with Gasteiger partial charge in [-0.2, -0.15) is 0 Å². The van der Waals surface area contributed by atoms with Crippen LogP contribution in [0.3, 0.4) is 0 Å². The number of hydrogen-bond donors (Lipinski definition) is 1. The molecule has 0 fully saturated rings. The summed E-state index contributed by atoms with van der Waals surface area (Å²) in [6, 6.07) is 14.1. The lowest BCUT2D eigenvalue weighted by molar-refractivity contribution is 0.430. The predicted molar refractivity (Wildman–Crippen MR) is 87.6 cm³/mol. The van der Waals surface area contributed by atoms with E-state index in [1.165, 1.54) is 29.0 Å². The molecule has 1 aromatic carbocycles. The Morgan fingerprint density at radius 3 is 2.85 bits per heavy atom. The molecule has 2 atom stereocenters. The average Bonchev–Trinajstić information content (AvgIpc) is 2.97. The van der Waals surface area contributed by atoms with E-state index in [-0.39, 0.29) is 0 Å². The highest BCUT2D eigenvalue weighted by molar-refractivity contribution is 7.12. The van der Waals surface area contributed by atoms with E-state index >= 15 is 0 Å². The Hall–Kier alpha value is -1.12. The number of thiophene rings is 1. The van der Waals surface area contributed by atoms with Crippen molar-refractivity contribution in [2.75, 3.05) is 7.05 Å². The molecule has 20 heavy (non-hydrogen) atoms. The fourth-order valence-corrected chi connectivity index (χ4v) is 4.56. The zero-order chi connectivity index (χ0) is 13.9. The van der Waals surface area contributed by atoms with Gasteiger partial charge in [0, 0.05) is 21.7 Å². The molecule has 1 aromatic heterocycles. The van der Waals surface area contributed by atoms with Gasteiger partial charge in [0.2, 0.25) is 0 Å². The van der Waals surface area contributed by atoms with Crippen LogP contribution in [0, 0.1) is 0 Å². The molecule has 2 heteroatoms. The molecule has 0 bridgehead atoms. The minimum atomic E-state index is 0.460. The minimum Gasteiger partial charge on any atom is -0.312 e. The summed E-state index contributed by atoms with van der Waals surface area (Å²) in [6.07, 6.45) is 4.99. The molecule has 1 N–H and O–H groups in total. The highest BCUT2D eigenvalue weighted by Gasteiger charge is 2.28. The van der Waals surface area contributed by atoms with Gasteiger partial charge in [-0.25, -0.2) is 0 Å². The number of hydrogen-bond acceptors (Lipinski definition) is 2. The number of likely N-dealkylation sites (N-methyl/N-ethyl adjacent to an activating group) is 1. The van der Waals surface area contributed by atoms with Gasteiger partial charge >= 0.3 is 0 Å². The molecule has 0 spiro atoms. The Labute approximate surface area is 126 Å². The quantitative estimate of drug-likeness (QED) is 0.859. The largest absolute Gasteiger partial charge is 0.312 e. The van der Waals surface area contributed by atoms with Gasteiger partial charge in [0.1, 0.15) is 0 Å². The number of rotatable bonds is 4. The van der Waals surface area contributed by atoms with Crippen LogP contribution >= 0.6 is 11.3 Å². The highest BCUT2D eigenvalue weighted by atomic mass is 32.1. The van der Waals surface area contributed by atoms with Crippen LogP contribution in [0.25, 0.3) is 0 Å². The first-order valence-corrected chi connectivity index (χ1v) is 8.48. The van der Waals surface area contributed by atoms with Crippen LogP contribution in [0.15, 0.2) is 36.4 Å². The molecule has 3 rings (SSSR count). The van der Waals surface area contributed by atoms with Crippen LogP contribution in [-0.4, -0.2) is 7.05 Å². The van der Waals surface area contributed by atoms with Crippen molar-refractivity contribution in [3.8, 4) is 0 Å². The van der Waals surface area contributed by atoms with Crippen LogP contribution in [0.5, 0.6) is 0 Å². The number of benzene rings is 1. The van der Waals surface area contributed by atoms with Crippen molar-refractivity contribution in [2.45, 2.75) is 44.6 Å². The second kappa shape index (κ2) is 6.11. The summed E-state index contributed by atoms with van der Waals surface area (Å²) in [6.45, 7) is 2.24. The topological polar surface area (TPSA) is 12.0 Å². The maximum Gasteiger partial charge on any atom is 0.0482 e. The van der Waals surface area contributed by atoms with E-state index in [1.807, 2.05) is 11.3 Å². The summed E-state index contributed by atoms with van der Waals surface area (Å²) >= 11 is 1.97. The van der Waals surface area contributed by atoms with Crippen LogP contribution in [-0.2, 0) is 12.8 Å². The van der Waals surface area contributed by atoms with Crippen molar-refractivity contribution in [3.05, 3.63) is 57.3 Å². The van der Waals surface area contributed by atoms with E-state index in [0.717, 1.165) is 6.42 Å². The number of nitrogens with one attached hydrogen (secondary N) is 1. The van der Waals surface area contributed by atoms with Crippen LogP contribution in [0.4, 0.5) is 0 Å². The van der Waals surface area contributed by atoms with Gasteiger partial charge in [-0.15, -0.1) is 11.3 Å². The zero-order valence-electron chi connectivity index (χ0n) is 12.4. The standard InChI is InChI=1S/C18H23NS/c1-3-14-11-12-17(20-14)18(19-2)16-10-6-8-13-7-4-5-9-15(13)16/h4-5,7,9,11-12,16,18-19H,3,6,8,10H2,1-2H3. The van der Waals surface area contributed by atoms with Crippen molar-refractivity contribution in [1.29, 1.82) is 0 Å². The summed E-state index contributed by atoms with van der Waals surface area (Å²) in [5.41, 5.74) is 3.11. The summed E-state index contributed by atoms with van der Waals surface area (Å²) in [5, 5.41) is 3.58. The first-order chi connectivity index (χ1) is 9.83. The van der Waals surface area contributed by atoms with Crippen LogP contribution in [0.2, 0.25) is 0 Å². The Morgan fingerprint density at radius 1 is 1.25 bits per heavy atom. The lowest BCUT2D eigenvalue weighted by Gasteiger charge is -2.31. The van der Waals surface area contributed by atoms with Gasteiger partial charge in [0.25, 0.3) is 0 Å². The fourth-order valence-electron chi connectivity index (χ4n) is 3.43. The molecule has 0 radical (unpaired) electrons. The van der Waals surface area contributed by atoms with E-state index in [9.17, 15) is 0 Å². The first kappa shape index (κ1) is 13.8. The maximum absolute atomic E-state index is 3.58. The summed E-state index contributed by atoms with van der Waals surface area (Å²) < 4.78 is 0. The van der Waals surface area contributed by atoms with E-state index in [2.05, 4.69) is 55.7 Å². The molecule has 2 aromatic rings. The van der Waals surface area contributed by atoms with E-state index in [4.69, 9.17) is 0 Å². The summed E-state index contributed by atoms with van der Waals surface area (Å²) in [4.78, 5) is 2.98. The zero-order valence-corrected chi connectivity index (χ0v) is 13.2.